The molecule has 116 valence electrons. The van der Waals surface area contributed by atoms with Gasteiger partial charge in [0.05, 0.1) is 24.1 Å². The first-order chi connectivity index (χ1) is 10.3. The lowest BCUT2D eigenvalue weighted by Crippen LogP contribution is -2.30. The van der Waals surface area contributed by atoms with E-state index < -0.39 is 35.5 Å². The van der Waals surface area contributed by atoms with Crippen LogP contribution in [0.25, 0.3) is 0 Å². The smallest absolute Gasteiger partial charge is 0.275 e. The molecule has 2 amide bonds. The fourth-order valence-electron chi connectivity index (χ4n) is 2.73. The standard InChI is InChI=1S/C14H12F3N3O2/c1-19-11(14(15,16)17)6-8(18-19)7-20-12(21)9-4-2-3-5-10(9)13(20)22/h2-6,9-10H,7H2,1H3/t9-,10-/m0/s1. The molecule has 3 rings (SSSR count). The molecule has 22 heavy (non-hydrogen) atoms. The third-order valence-electron chi connectivity index (χ3n) is 3.78. The number of aromatic nitrogens is 2. The summed E-state index contributed by atoms with van der Waals surface area (Å²) in [5.74, 6) is -1.95. The predicted octanol–water partition coefficient (Wildman–Crippen LogP) is 1.67. The van der Waals surface area contributed by atoms with Crippen molar-refractivity contribution in [1.29, 1.82) is 0 Å². The number of aryl methyl sites for hydroxylation is 1. The average Bonchev–Trinajstić information content (AvgIpc) is 2.93. The zero-order chi connectivity index (χ0) is 16.1. The highest BCUT2D eigenvalue weighted by molar-refractivity contribution is 6.07. The molecule has 1 aliphatic heterocycles. The van der Waals surface area contributed by atoms with Crippen LogP contribution in [-0.2, 0) is 29.4 Å². The average molecular weight is 311 g/mol. The van der Waals surface area contributed by atoms with Gasteiger partial charge in [-0.3, -0.25) is 19.2 Å². The highest BCUT2D eigenvalue weighted by atomic mass is 19.4. The van der Waals surface area contributed by atoms with Gasteiger partial charge in [-0.2, -0.15) is 18.3 Å². The van der Waals surface area contributed by atoms with E-state index in [0.717, 1.165) is 11.0 Å². The third kappa shape index (κ3) is 2.24. The molecular weight excluding hydrogens is 299 g/mol. The van der Waals surface area contributed by atoms with Crippen LogP contribution in [0.4, 0.5) is 13.2 Å². The zero-order valence-corrected chi connectivity index (χ0v) is 11.5. The van der Waals surface area contributed by atoms with E-state index in [2.05, 4.69) is 5.10 Å². The minimum atomic E-state index is -4.53. The molecule has 0 aromatic carbocycles. The normalized spacial score (nSPS) is 24.3. The summed E-state index contributed by atoms with van der Waals surface area (Å²) in [5, 5.41) is 3.74. The second-order valence-corrected chi connectivity index (χ2v) is 5.23. The van der Waals surface area contributed by atoms with Crippen molar-refractivity contribution in [2.75, 3.05) is 0 Å². The van der Waals surface area contributed by atoms with Crippen molar-refractivity contribution in [2.24, 2.45) is 18.9 Å². The van der Waals surface area contributed by atoms with E-state index in [4.69, 9.17) is 0 Å². The number of carbonyl (C=O) groups is 2. The number of alkyl halides is 3. The van der Waals surface area contributed by atoms with E-state index in [0.29, 0.717) is 4.68 Å². The van der Waals surface area contributed by atoms with E-state index in [1.807, 2.05) is 0 Å². The number of rotatable bonds is 2. The summed E-state index contributed by atoms with van der Waals surface area (Å²) in [6.45, 7) is -0.254. The van der Waals surface area contributed by atoms with Crippen LogP contribution in [0.3, 0.4) is 0 Å². The SMILES string of the molecule is Cn1nc(CN2C(=O)[C@H]3C=CC=C[C@@H]3C2=O)cc1C(F)(F)F. The van der Waals surface area contributed by atoms with Crippen LogP contribution in [0.2, 0.25) is 0 Å². The van der Waals surface area contributed by atoms with Crippen LogP contribution < -0.4 is 0 Å². The predicted molar refractivity (Wildman–Crippen MR) is 69.0 cm³/mol. The number of halogens is 3. The maximum Gasteiger partial charge on any atom is 0.433 e. The summed E-state index contributed by atoms with van der Waals surface area (Å²) < 4.78 is 38.9. The minimum absolute atomic E-state index is 0.0307. The van der Waals surface area contributed by atoms with Crippen LogP contribution >= 0.6 is 0 Å². The Kier molecular flexibility index (Phi) is 3.19. The van der Waals surface area contributed by atoms with Crippen LogP contribution in [-0.4, -0.2) is 26.5 Å². The number of carbonyl (C=O) groups excluding carboxylic acids is 2. The van der Waals surface area contributed by atoms with Crippen molar-refractivity contribution in [1.82, 2.24) is 14.7 Å². The molecule has 0 saturated carbocycles. The van der Waals surface area contributed by atoms with Crippen molar-refractivity contribution in [2.45, 2.75) is 12.7 Å². The van der Waals surface area contributed by atoms with Crippen molar-refractivity contribution in [3.05, 3.63) is 41.8 Å². The zero-order valence-electron chi connectivity index (χ0n) is 11.5. The first kappa shape index (κ1) is 14.6. The van der Waals surface area contributed by atoms with Crippen LogP contribution in [0.15, 0.2) is 30.4 Å². The number of hydrogen-bond donors (Lipinski definition) is 0. The summed E-state index contributed by atoms with van der Waals surface area (Å²) in [4.78, 5) is 25.4. The van der Waals surface area contributed by atoms with Gasteiger partial charge in [0.2, 0.25) is 11.8 Å². The molecule has 0 radical (unpaired) electrons. The second kappa shape index (κ2) is 4.82. The van der Waals surface area contributed by atoms with Gasteiger partial charge in [0.1, 0.15) is 5.69 Å². The fraction of sp³-hybridized carbons (Fsp3) is 0.357. The molecule has 1 fully saturated rings. The minimum Gasteiger partial charge on any atom is -0.275 e. The van der Waals surface area contributed by atoms with Crippen LogP contribution in [0.1, 0.15) is 11.4 Å². The first-order valence-electron chi connectivity index (χ1n) is 6.59. The number of imide groups is 1. The van der Waals surface area contributed by atoms with Gasteiger partial charge in [-0.1, -0.05) is 24.3 Å². The molecule has 1 aromatic heterocycles. The van der Waals surface area contributed by atoms with Crippen LogP contribution in [0.5, 0.6) is 0 Å². The molecule has 0 unspecified atom stereocenters. The van der Waals surface area contributed by atoms with Gasteiger partial charge in [0.25, 0.3) is 0 Å². The summed E-state index contributed by atoms with van der Waals surface area (Å²) in [7, 11) is 1.17. The van der Waals surface area contributed by atoms with Gasteiger partial charge in [0, 0.05) is 7.05 Å². The molecule has 5 nitrogen and oxygen atoms in total. The number of amides is 2. The van der Waals surface area contributed by atoms with Crippen LogP contribution in [0, 0.1) is 11.8 Å². The summed E-state index contributed by atoms with van der Waals surface area (Å²) in [6, 6.07) is 0.855. The highest BCUT2D eigenvalue weighted by Gasteiger charge is 2.46. The molecule has 0 N–H and O–H groups in total. The number of likely N-dealkylation sites (tertiary alicyclic amines) is 1. The third-order valence-corrected chi connectivity index (χ3v) is 3.78. The summed E-state index contributed by atoms with van der Waals surface area (Å²) in [5.41, 5.74) is -0.887. The molecule has 0 spiro atoms. The van der Waals surface area contributed by atoms with Gasteiger partial charge < -0.3 is 0 Å². The van der Waals surface area contributed by atoms with E-state index in [9.17, 15) is 22.8 Å². The van der Waals surface area contributed by atoms with Crippen molar-refractivity contribution >= 4 is 11.8 Å². The summed E-state index contributed by atoms with van der Waals surface area (Å²) in [6.07, 6.45) is 2.09. The van der Waals surface area contributed by atoms with E-state index in [1.165, 1.54) is 7.05 Å². The molecule has 1 aromatic rings. The number of hydrogen-bond acceptors (Lipinski definition) is 3. The number of allylic oxidation sites excluding steroid dienone is 2. The van der Waals surface area contributed by atoms with Gasteiger partial charge in [-0.25, -0.2) is 0 Å². The quantitative estimate of drug-likeness (QED) is 0.781. The van der Waals surface area contributed by atoms with E-state index in [1.54, 1.807) is 24.3 Å². The monoisotopic (exact) mass is 311 g/mol. The fourth-order valence-corrected chi connectivity index (χ4v) is 2.73. The number of fused-ring (bicyclic) bond motifs is 1. The van der Waals surface area contributed by atoms with Gasteiger partial charge in [-0.15, -0.1) is 0 Å². The first-order valence-corrected chi connectivity index (χ1v) is 6.59. The molecule has 8 heteroatoms. The Hall–Kier alpha value is -2.38. The van der Waals surface area contributed by atoms with Gasteiger partial charge in [-0.05, 0) is 6.07 Å². The molecule has 2 atom stereocenters. The Balaban J connectivity index is 1.85. The number of nitrogens with zero attached hydrogens (tertiary/aromatic N) is 3. The maximum absolute atomic E-state index is 12.7. The molecule has 1 saturated heterocycles. The lowest BCUT2D eigenvalue weighted by Gasteiger charge is -2.12. The Bertz CT molecular complexity index is 673. The molecule has 2 aliphatic rings. The largest absolute Gasteiger partial charge is 0.433 e. The Morgan fingerprint density at radius 1 is 1.14 bits per heavy atom. The van der Waals surface area contributed by atoms with E-state index >= 15 is 0 Å². The Morgan fingerprint density at radius 2 is 1.68 bits per heavy atom. The molecule has 2 heterocycles. The molecular formula is C14H12F3N3O2. The van der Waals surface area contributed by atoms with Crippen molar-refractivity contribution in [3.8, 4) is 0 Å². The van der Waals surface area contributed by atoms with Crippen molar-refractivity contribution in [3.63, 3.8) is 0 Å². The lowest BCUT2D eigenvalue weighted by molar-refractivity contribution is -0.143. The Labute approximate surface area is 123 Å². The second-order valence-electron chi connectivity index (χ2n) is 5.23. The van der Waals surface area contributed by atoms with Gasteiger partial charge >= 0.3 is 6.18 Å². The van der Waals surface area contributed by atoms with Gasteiger partial charge in [0.15, 0.2) is 0 Å². The maximum atomic E-state index is 12.7. The van der Waals surface area contributed by atoms with Crippen molar-refractivity contribution < 1.29 is 22.8 Å². The molecule has 1 aliphatic carbocycles. The lowest BCUT2D eigenvalue weighted by atomic mass is 9.91. The highest BCUT2D eigenvalue weighted by Crippen LogP contribution is 2.33. The Morgan fingerprint density at radius 3 is 2.14 bits per heavy atom. The van der Waals surface area contributed by atoms with E-state index in [-0.39, 0.29) is 12.2 Å². The summed E-state index contributed by atoms with van der Waals surface area (Å²) >= 11 is 0. The molecule has 0 bridgehead atoms. The topological polar surface area (TPSA) is 55.2 Å².